The lowest BCUT2D eigenvalue weighted by Gasteiger charge is -2.13. The molecule has 1 aliphatic carbocycles. The van der Waals surface area contributed by atoms with E-state index in [2.05, 4.69) is 12.2 Å². The van der Waals surface area contributed by atoms with E-state index < -0.39 is 16.6 Å². The largest absolute Gasteiger partial charge is 0.314 e. The van der Waals surface area contributed by atoms with Gasteiger partial charge in [0.2, 0.25) is 0 Å². The standard InChI is InChI=1S/C14H19ClFNOS/c1-2-7-17-10-3-4-11(8-10)19(18)12-5-6-14(16)13(15)9-12/h5-6,9-11,17H,2-4,7-8H2,1H3. The molecule has 0 amide bonds. The average molecular weight is 304 g/mol. The van der Waals surface area contributed by atoms with E-state index in [4.69, 9.17) is 11.6 Å². The minimum atomic E-state index is -1.09. The topological polar surface area (TPSA) is 29.1 Å². The lowest BCUT2D eigenvalue weighted by Crippen LogP contribution is -2.28. The van der Waals surface area contributed by atoms with E-state index in [1.165, 1.54) is 12.1 Å². The Hall–Kier alpha value is -0.450. The summed E-state index contributed by atoms with van der Waals surface area (Å²) in [4.78, 5) is 0.632. The molecular formula is C14H19ClFNOS. The molecule has 0 saturated heterocycles. The second kappa shape index (κ2) is 6.82. The van der Waals surface area contributed by atoms with Crippen molar-refractivity contribution < 1.29 is 8.60 Å². The molecule has 2 nitrogen and oxygen atoms in total. The fourth-order valence-corrected chi connectivity index (χ4v) is 4.29. The molecular weight excluding hydrogens is 285 g/mol. The van der Waals surface area contributed by atoms with Crippen molar-refractivity contribution in [1.82, 2.24) is 5.32 Å². The molecule has 19 heavy (non-hydrogen) atoms. The van der Waals surface area contributed by atoms with Crippen LogP contribution in [0.2, 0.25) is 5.02 Å². The van der Waals surface area contributed by atoms with Gasteiger partial charge >= 0.3 is 0 Å². The van der Waals surface area contributed by atoms with Crippen LogP contribution in [0.25, 0.3) is 0 Å². The number of hydrogen-bond acceptors (Lipinski definition) is 2. The molecule has 1 N–H and O–H groups in total. The predicted octanol–water partition coefficient (Wildman–Crippen LogP) is 3.51. The summed E-state index contributed by atoms with van der Waals surface area (Å²) in [5.74, 6) is -0.462. The summed E-state index contributed by atoms with van der Waals surface area (Å²) in [6.07, 6.45) is 4.04. The van der Waals surface area contributed by atoms with Crippen molar-refractivity contribution in [2.45, 2.75) is 48.8 Å². The summed E-state index contributed by atoms with van der Waals surface area (Å²) in [5, 5.41) is 3.66. The fourth-order valence-electron chi connectivity index (χ4n) is 2.46. The highest BCUT2D eigenvalue weighted by atomic mass is 35.5. The maximum absolute atomic E-state index is 13.1. The third kappa shape index (κ3) is 3.77. The maximum Gasteiger partial charge on any atom is 0.141 e. The summed E-state index contributed by atoms with van der Waals surface area (Å²) >= 11 is 5.74. The molecule has 1 fully saturated rings. The first-order valence-corrected chi connectivity index (χ1v) is 8.30. The van der Waals surface area contributed by atoms with Crippen LogP contribution in [0.15, 0.2) is 23.1 Å². The molecule has 3 atom stereocenters. The number of halogens is 2. The minimum absolute atomic E-state index is 0.0458. The van der Waals surface area contributed by atoms with Gasteiger partial charge in [-0.2, -0.15) is 0 Å². The molecule has 1 aromatic carbocycles. The van der Waals surface area contributed by atoms with Gasteiger partial charge in [-0.15, -0.1) is 0 Å². The van der Waals surface area contributed by atoms with Crippen LogP contribution in [0.5, 0.6) is 0 Å². The molecule has 0 aromatic heterocycles. The average Bonchev–Trinajstić information content (AvgIpc) is 2.87. The van der Waals surface area contributed by atoms with Crippen molar-refractivity contribution in [2.24, 2.45) is 0 Å². The second-order valence-electron chi connectivity index (χ2n) is 4.96. The van der Waals surface area contributed by atoms with Gasteiger partial charge in [0.15, 0.2) is 0 Å². The molecule has 5 heteroatoms. The zero-order valence-corrected chi connectivity index (χ0v) is 12.6. The van der Waals surface area contributed by atoms with Crippen LogP contribution in [-0.2, 0) is 10.8 Å². The Bertz CT molecular complexity index is 469. The molecule has 0 radical (unpaired) electrons. The van der Waals surface area contributed by atoms with E-state index in [9.17, 15) is 8.60 Å². The Kier molecular flexibility index (Phi) is 5.37. The Morgan fingerprint density at radius 2 is 2.26 bits per heavy atom. The third-order valence-corrected chi connectivity index (χ3v) is 5.54. The molecule has 0 aliphatic heterocycles. The molecule has 3 unspecified atom stereocenters. The monoisotopic (exact) mass is 303 g/mol. The van der Waals surface area contributed by atoms with Gasteiger partial charge in [-0.1, -0.05) is 18.5 Å². The van der Waals surface area contributed by atoms with Crippen LogP contribution in [0.3, 0.4) is 0 Å². The SMILES string of the molecule is CCCNC1CCC(S(=O)c2ccc(F)c(Cl)c2)C1. The second-order valence-corrected chi connectivity index (χ2v) is 7.10. The Morgan fingerprint density at radius 1 is 1.47 bits per heavy atom. The van der Waals surface area contributed by atoms with E-state index in [0.717, 1.165) is 32.2 Å². The first-order valence-electron chi connectivity index (χ1n) is 6.70. The maximum atomic E-state index is 13.1. The number of hydrogen-bond donors (Lipinski definition) is 1. The molecule has 1 aliphatic rings. The molecule has 0 heterocycles. The molecule has 0 spiro atoms. The summed E-state index contributed by atoms with van der Waals surface area (Å²) in [5.41, 5.74) is 0. The third-order valence-electron chi connectivity index (χ3n) is 3.49. The van der Waals surface area contributed by atoms with Crippen LogP contribution in [-0.4, -0.2) is 22.0 Å². The summed E-state index contributed by atoms with van der Waals surface area (Å²) in [6.45, 7) is 3.14. The molecule has 1 saturated carbocycles. The van der Waals surface area contributed by atoms with Crippen LogP contribution in [0.1, 0.15) is 32.6 Å². The van der Waals surface area contributed by atoms with Crippen molar-refractivity contribution in [2.75, 3.05) is 6.54 Å². The zero-order chi connectivity index (χ0) is 13.8. The van der Waals surface area contributed by atoms with Crippen molar-refractivity contribution >= 4 is 22.4 Å². The molecule has 0 bridgehead atoms. The van der Waals surface area contributed by atoms with Crippen LogP contribution < -0.4 is 5.32 Å². The quantitative estimate of drug-likeness (QED) is 0.902. The van der Waals surface area contributed by atoms with Crippen LogP contribution in [0.4, 0.5) is 4.39 Å². The fraction of sp³-hybridized carbons (Fsp3) is 0.571. The highest BCUT2D eigenvalue weighted by Gasteiger charge is 2.29. The van der Waals surface area contributed by atoms with Gasteiger partial charge in [0.05, 0.1) is 15.8 Å². The summed E-state index contributed by atoms with van der Waals surface area (Å²) in [6, 6.07) is 4.81. The molecule has 106 valence electrons. The van der Waals surface area contributed by atoms with E-state index in [-0.39, 0.29) is 10.3 Å². The number of nitrogens with one attached hydrogen (secondary N) is 1. The van der Waals surface area contributed by atoms with Crippen molar-refractivity contribution in [3.05, 3.63) is 29.0 Å². The van der Waals surface area contributed by atoms with Gasteiger partial charge in [-0.3, -0.25) is 4.21 Å². The highest BCUT2D eigenvalue weighted by molar-refractivity contribution is 7.85. The van der Waals surface area contributed by atoms with Crippen molar-refractivity contribution in [1.29, 1.82) is 0 Å². The minimum Gasteiger partial charge on any atom is -0.314 e. The highest BCUT2D eigenvalue weighted by Crippen LogP contribution is 2.29. The van der Waals surface area contributed by atoms with Gasteiger partial charge in [0.1, 0.15) is 5.82 Å². The van der Waals surface area contributed by atoms with Gasteiger partial charge < -0.3 is 5.32 Å². The Balaban J connectivity index is 1.99. The molecule has 1 aromatic rings. The predicted molar refractivity (Wildman–Crippen MR) is 77.5 cm³/mol. The summed E-state index contributed by atoms with van der Waals surface area (Å²) in [7, 11) is -1.09. The van der Waals surface area contributed by atoms with E-state index in [0.29, 0.717) is 10.9 Å². The number of rotatable bonds is 5. The lowest BCUT2D eigenvalue weighted by molar-refractivity contribution is 0.523. The van der Waals surface area contributed by atoms with E-state index in [1.54, 1.807) is 6.07 Å². The van der Waals surface area contributed by atoms with Crippen LogP contribution in [0, 0.1) is 5.82 Å². The Labute approximate surface area is 121 Å². The van der Waals surface area contributed by atoms with Crippen molar-refractivity contribution in [3.8, 4) is 0 Å². The lowest BCUT2D eigenvalue weighted by atomic mass is 10.2. The first kappa shape index (κ1) is 14.9. The van der Waals surface area contributed by atoms with Crippen LogP contribution >= 0.6 is 11.6 Å². The first-order chi connectivity index (χ1) is 9.11. The zero-order valence-electron chi connectivity index (χ0n) is 11.0. The smallest absolute Gasteiger partial charge is 0.141 e. The van der Waals surface area contributed by atoms with E-state index in [1.807, 2.05) is 0 Å². The normalized spacial score (nSPS) is 24.6. The summed E-state index contributed by atoms with van der Waals surface area (Å²) < 4.78 is 25.5. The molecule has 2 rings (SSSR count). The number of benzene rings is 1. The van der Waals surface area contributed by atoms with Gasteiger partial charge in [0, 0.05) is 16.2 Å². The van der Waals surface area contributed by atoms with Gasteiger partial charge in [0.25, 0.3) is 0 Å². The Morgan fingerprint density at radius 3 is 2.95 bits per heavy atom. The van der Waals surface area contributed by atoms with Gasteiger partial charge in [-0.25, -0.2) is 4.39 Å². The van der Waals surface area contributed by atoms with Crippen molar-refractivity contribution in [3.63, 3.8) is 0 Å². The van der Waals surface area contributed by atoms with Gasteiger partial charge in [-0.05, 0) is 50.4 Å². The van der Waals surface area contributed by atoms with E-state index >= 15 is 0 Å².